The zero-order valence-corrected chi connectivity index (χ0v) is 17.3. The monoisotopic (exact) mass is 411 g/mol. The van der Waals surface area contributed by atoms with Crippen LogP contribution in [0.3, 0.4) is 0 Å². The van der Waals surface area contributed by atoms with E-state index in [2.05, 4.69) is 15.6 Å². The van der Waals surface area contributed by atoms with E-state index in [1.807, 2.05) is 35.4 Å². The molecule has 1 atom stereocenters. The number of hydrogen-bond acceptors (Lipinski definition) is 5. The lowest BCUT2D eigenvalue weighted by atomic mass is 9.94. The van der Waals surface area contributed by atoms with Crippen LogP contribution in [0.15, 0.2) is 30.5 Å². The van der Waals surface area contributed by atoms with Crippen LogP contribution in [0.2, 0.25) is 0 Å². The molecule has 2 aliphatic heterocycles. The molecule has 160 valence electrons. The Kier molecular flexibility index (Phi) is 6.61. The Balaban J connectivity index is 1.45. The first-order chi connectivity index (χ1) is 14.7. The number of aryl methyl sites for hydroxylation is 1. The largest absolute Gasteiger partial charge is 0.492 e. The van der Waals surface area contributed by atoms with E-state index < -0.39 is 0 Å². The van der Waals surface area contributed by atoms with Crippen LogP contribution in [0.25, 0.3) is 0 Å². The highest BCUT2D eigenvalue weighted by Crippen LogP contribution is 2.20. The Labute approximate surface area is 176 Å². The number of hydrogen-bond donors (Lipinski definition) is 1. The van der Waals surface area contributed by atoms with Crippen LogP contribution in [-0.4, -0.2) is 57.9 Å². The molecule has 1 unspecified atom stereocenters. The van der Waals surface area contributed by atoms with Gasteiger partial charge in [0.05, 0.1) is 18.7 Å². The van der Waals surface area contributed by atoms with E-state index >= 15 is 0 Å². The average molecular weight is 412 g/mol. The van der Waals surface area contributed by atoms with Gasteiger partial charge in [0, 0.05) is 38.7 Å². The molecule has 1 fully saturated rings. The molecular formula is C22H29N5O3. The predicted molar refractivity (Wildman–Crippen MR) is 111 cm³/mol. The van der Waals surface area contributed by atoms with Crippen molar-refractivity contribution in [1.29, 1.82) is 0 Å². The van der Waals surface area contributed by atoms with E-state index in [1.54, 1.807) is 4.68 Å². The first kappa shape index (κ1) is 20.4. The van der Waals surface area contributed by atoms with Crippen molar-refractivity contribution in [2.45, 2.75) is 45.1 Å². The second-order valence-electron chi connectivity index (χ2n) is 8.13. The van der Waals surface area contributed by atoms with Crippen molar-refractivity contribution in [1.82, 2.24) is 25.2 Å². The lowest BCUT2D eigenvalue weighted by Gasteiger charge is -2.33. The van der Waals surface area contributed by atoms with Gasteiger partial charge in [-0.05, 0) is 42.9 Å². The molecule has 0 spiro atoms. The predicted octanol–water partition coefficient (Wildman–Crippen LogP) is 1.59. The normalized spacial score (nSPS) is 21.5. The molecule has 1 N–H and O–H groups in total. The molecule has 2 amide bonds. The maximum Gasteiger partial charge on any atom is 0.224 e. The third-order valence-electron chi connectivity index (χ3n) is 5.78. The maximum absolute atomic E-state index is 12.6. The van der Waals surface area contributed by atoms with E-state index in [1.165, 1.54) is 0 Å². The molecule has 3 heterocycles. The van der Waals surface area contributed by atoms with Gasteiger partial charge in [0.1, 0.15) is 12.4 Å². The topological polar surface area (TPSA) is 89.4 Å². The van der Waals surface area contributed by atoms with Gasteiger partial charge in [-0.15, -0.1) is 5.10 Å². The van der Waals surface area contributed by atoms with E-state index in [9.17, 15) is 9.59 Å². The number of rotatable bonds is 0. The summed E-state index contributed by atoms with van der Waals surface area (Å²) in [6.07, 6.45) is 6.28. The van der Waals surface area contributed by atoms with Crippen LogP contribution in [0.1, 0.15) is 36.9 Å². The summed E-state index contributed by atoms with van der Waals surface area (Å²) in [5.74, 6) is 1.36. The summed E-state index contributed by atoms with van der Waals surface area (Å²) in [6, 6.07) is 7.65. The van der Waals surface area contributed by atoms with Crippen molar-refractivity contribution < 1.29 is 14.3 Å². The van der Waals surface area contributed by atoms with Crippen LogP contribution in [0.5, 0.6) is 5.75 Å². The number of piperidine rings is 1. The smallest absolute Gasteiger partial charge is 0.224 e. The number of nitrogens with zero attached hydrogens (tertiary/aromatic N) is 4. The Hall–Kier alpha value is -2.90. The van der Waals surface area contributed by atoms with Gasteiger partial charge in [-0.3, -0.25) is 9.59 Å². The second-order valence-corrected chi connectivity index (χ2v) is 8.13. The van der Waals surface area contributed by atoms with E-state index in [0.717, 1.165) is 49.4 Å². The van der Waals surface area contributed by atoms with Gasteiger partial charge < -0.3 is 15.0 Å². The minimum absolute atomic E-state index is 0.0143. The quantitative estimate of drug-likeness (QED) is 0.711. The summed E-state index contributed by atoms with van der Waals surface area (Å²) < 4.78 is 7.56. The lowest BCUT2D eigenvalue weighted by Crippen LogP contribution is -2.41. The van der Waals surface area contributed by atoms with E-state index in [4.69, 9.17) is 4.74 Å². The molecule has 0 aliphatic carbocycles. The number of benzene rings is 1. The first-order valence-electron chi connectivity index (χ1n) is 10.8. The fraction of sp³-hybridized carbons (Fsp3) is 0.545. The Morgan fingerprint density at radius 1 is 1.13 bits per heavy atom. The van der Waals surface area contributed by atoms with Crippen LogP contribution in [0, 0.1) is 5.92 Å². The number of nitrogens with one attached hydrogen (secondary N) is 1. The van der Waals surface area contributed by atoms with Crippen molar-refractivity contribution in [2.24, 2.45) is 5.92 Å². The van der Waals surface area contributed by atoms with Gasteiger partial charge in [0.25, 0.3) is 0 Å². The standard InChI is InChI=1S/C22H29N5O3/c28-21-14-18-3-1-5-20(13-18)30-12-11-27-16-19(24-25-27)6-7-22(29)26-10-2-4-17(15-26)8-9-23-21/h1,3,5,13,16-17H,2,4,6-12,14-15H2,(H,23,28). The Morgan fingerprint density at radius 3 is 3.00 bits per heavy atom. The summed E-state index contributed by atoms with van der Waals surface area (Å²) in [4.78, 5) is 26.9. The lowest BCUT2D eigenvalue weighted by molar-refractivity contribution is -0.133. The fourth-order valence-corrected chi connectivity index (χ4v) is 4.15. The second kappa shape index (κ2) is 9.73. The third-order valence-corrected chi connectivity index (χ3v) is 5.78. The molecular weight excluding hydrogens is 382 g/mol. The van der Waals surface area contributed by atoms with Crippen LogP contribution >= 0.6 is 0 Å². The van der Waals surface area contributed by atoms with Crippen molar-refractivity contribution in [3.8, 4) is 5.75 Å². The van der Waals surface area contributed by atoms with Crippen molar-refractivity contribution in [2.75, 3.05) is 26.2 Å². The van der Waals surface area contributed by atoms with Gasteiger partial charge >= 0.3 is 0 Å². The van der Waals surface area contributed by atoms with Gasteiger partial charge in [-0.1, -0.05) is 17.3 Å². The summed E-state index contributed by atoms with van der Waals surface area (Å²) >= 11 is 0. The summed E-state index contributed by atoms with van der Waals surface area (Å²) in [6.45, 7) is 3.26. The molecule has 1 saturated heterocycles. The van der Waals surface area contributed by atoms with Gasteiger partial charge in [-0.2, -0.15) is 0 Å². The van der Waals surface area contributed by atoms with Crippen LogP contribution in [-0.2, 0) is 29.0 Å². The SMILES string of the molecule is O=C1Cc2cccc(c2)OCCn2cc(nn2)CCC(=O)N2CCCC(CCN1)C2. The van der Waals surface area contributed by atoms with Crippen LogP contribution < -0.4 is 10.1 Å². The van der Waals surface area contributed by atoms with Gasteiger partial charge in [0.2, 0.25) is 11.8 Å². The molecule has 2 aliphatic rings. The number of aromatic nitrogens is 3. The van der Waals surface area contributed by atoms with E-state index in [0.29, 0.717) is 44.9 Å². The number of carbonyl (C=O) groups excluding carboxylic acids is 2. The molecule has 8 nitrogen and oxygen atoms in total. The minimum atomic E-state index is 0.0143. The highest BCUT2D eigenvalue weighted by molar-refractivity contribution is 5.78. The fourth-order valence-electron chi connectivity index (χ4n) is 4.15. The average Bonchev–Trinajstić information content (AvgIpc) is 3.20. The molecule has 4 rings (SSSR count). The molecule has 6 bridgehead atoms. The highest BCUT2D eigenvalue weighted by Gasteiger charge is 2.23. The molecule has 1 aromatic carbocycles. The summed E-state index contributed by atoms with van der Waals surface area (Å²) in [5, 5.41) is 11.4. The maximum atomic E-state index is 12.6. The summed E-state index contributed by atoms with van der Waals surface area (Å²) in [7, 11) is 0. The third kappa shape index (κ3) is 5.58. The number of carbonyl (C=O) groups is 2. The van der Waals surface area contributed by atoms with Gasteiger partial charge in [-0.25, -0.2) is 4.68 Å². The Morgan fingerprint density at radius 2 is 2.07 bits per heavy atom. The van der Waals surface area contributed by atoms with Crippen molar-refractivity contribution in [3.63, 3.8) is 0 Å². The van der Waals surface area contributed by atoms with Gasteiger partial charge in [0.15, 0.2) is 0 Å². The zero-order chi connectivity index (χ0) is 20.8. The minimum Gasteiger partial charge on any atom is -0.492 e. The van der Waals surface area contributed by atoms with Crippen molar-refractivity contribution in [3.05, 3.63) is 41.7 Å². The molecule has 30 heavy (non-hydrogen) atoms. The summed E-state index contributed by atoms with van der Waals surface area (Å²) in [5.41, 5.74) is 1.76. The molecule has 0 radical (unpaired) electrons. The zero-order valence-electron chi connectivity index (χ0n) is 17.3. The Bertz CT molecular complexity index is 881. The number of fused-ring (bicyclic) bond motifs is 6. The number of ether oxygens (including phenoxy) is 1. The van der Waals surface area contributed by atoms with Crippen LogP contribution in [0.4, 0.5) is 0 Å². The van der Waals surface area contributed by atoms with Crippen molar-refractivity contribution >= 4 is 11.8 Å². The molecule has 8 heteroatoms. The molecule has 2 aromatic rings. The molecule has 1 aromatic heterocycles. The van der Waals surface area contributed by atoms with E-state index in [-0.39, 0.29) is 11.8 Å². The first-order valence-corrected chi connectivity index (χ1v) is 10.8. The number of amides is 2. The molecule has 0 saturated carbocycles. The highest BCUT2D eigenvalue weighted by atomic mass is 16.5.